The second-order valence-electron chi connectivity index (χ2n) is 4.55. The van der Waals surface area contributed by atoms with Gasteiger partial charge in [-0.1, -0.05) is 0 Å². The summed E-state index contributed by atoms with van der Waals surface area (Å²) in [6.45, 7) is 4.30. The molecule has 0 amide bonds. The fourth-order valence-corrected chi connectivity index (χ4v) is 3.21. The summed E-state index contributed by atoms with van der Waals surface area (Å²) in [7, 11) is 0. The molecule has 0 saturated carbocycles. The first kappa shape index (κ1) is 12.5. The Morgan fingerprint density at radius 3 is 2.84 bits per heavy atom. The fourth-order valence-electron chi connectivity index (χ4n) is 1.75. The van der Waals surface area contributed by atoms with Crippen LogP contribution in [0.3, 0.4) is 0 Å². The molecule has 4 nitrogen and oxygen atoms in total. The summed E-state index contributed by atoms with van der Waals surface area (Å²) in [5, 5.41) is 6.10. The van der Waals surface area contributed by atoms with Crippen molar-refractivity contribution >= 4 is 22.7 Å². The summed E-state index contributed by atoms with van der Waals surface area (Å²) in [5.41, 5.74) is 2.03. The van der Waals surface area contributed by atoms with Gasteiger partial charge in [0.15, 0.2) is 0 Å². The molecule has 19 heavy (non-hydrogen) atoms. The van der Waals surface area contributed by atoms with E-state index >= 15 is 0 Å². The van der Waals surface area contributed by atoms with Gasteiger partial charge < -0.3 is 4.57 Å². The molecule has 3 aromatic heterocycles. The van der Waals surface area contributed by atoms with Gasteiger partial charge in [-0.25, -0.2) is 15.0 Å². The number of imidazole rings is 1. The minimum absolute atomic E-state index is 0.448. The van der Waals surface area contributed by atoms with Crippen LogP contribution in [0.1, 0.15) is 30.6 Å². The average molecular weight is 290 g/mol. The smallest absolute Gasteiger partial charge is 0.142 e. The third kappa shape index (κ3) is 2.74. The van der Waals surface area contributed by atoms with Crippen molar-refractivity contribution in [3.05, 3.63) is 40.2 Å². The van der Waals surface area contributed by atoms with E-state index in [-0.39, 0.29) is 0 Å². The van der Waals surface area contributed by atoms with Crippen molar-refractivity contribution in [2.24, 2.45) is 0 Å². The third-order valence-electron chi connectivity index (χ3n) is 2.79. The van der Waals surface area contributed by atoms with E-state index in [1.54, 1.807) is 22.7 Å². The van der Waals surface area contributed by atoms with Crippen LogP contribution in [0, 0.1) is 0 Å². The highest BCUT2D eigenvalue weighted by Gasteiger charge is 2.09. The van der Waals surface area contributed by atoms with Crippen LogP contribution in [0.4, 0.5) is 0 Å². The molecule has 3 heterocycles. The molecule has 3 rings (SSSR count). The van der Waals surface area contributed by atoms with E-state index in [9.17, 15) is 0 Å². The molecular weight excluding hydrogens is 276 g/mol. The van der Waals surface area contributed by atoms with E-state index in [0.717, 1.165) is 27.8 Å². The molecule has 3 aromatic rings. The van der Waals surface area contributed by atoms with Crippen LogP contribution in [0.15, 0.2) is 29.5 Å². The van der Waals surface area contributed by atoms with Gasteiger partial charge in [0.05, 0.1) is 17.0 Å². The highest BCUT2D eigenvalue weighted by Crippen LogP contribution is 2.24. The summed E-state index contributed by atoms with van der Waals surface area (Å²) in [6, 6.07) is 0.448. The zero-order valence-electron chi connectivity index (χ0n) is 10.8. The molecule has 0 bridgehead atoms. The molecule has 0 aliphatic carbocycles. The monoisotopic (exact) mass is 290 g/mol. The molecule has 0 radical (unpaired) electrons. The van der Waals surface area contributed by atoms with E-state index in [1.807, 2.05) is 17.9 Å². The second kappa shape index (κ2) is 5.22. The van der Waals surface area contributed by atoms with Crippen molar-refractivity contribution < 1.29 is 0 Å². The van der Waals surface area contributed by atoms with Gasteiger partial charge in [-0.05, 0) is 13.8 Å². The second-order valence-corrected chi connectivity index (χ2v) is 6.38. The highest BCUT2D eigenvalue weighted by atomic mass is 32.1. The zero-order valence-corrected chi connectivity index (χ0v) is 12.4. The van der Waals surface area contributed by atoms with Crippen LogP contribution in [0.2, 0.25) is 0 Å². The molecule has 0 atom stereocenters. The first-order chi connectivity index (χ1) is 9.22. The number of hydrogen-bond acceptors (Lipinski definition) is 5. The molecule has 0 spiro atoms. The summed E-state index contributed by atoms with van der Waals surface area (Å²) >= 11 is 3.28. The lowest BCUT2D eigenvalue weighted by atomic mass is 10.3. The van der Waals surface area contributed by atoms with Gasteiger partial charge in [-0.15, -0.1) is 22.7 Å². The van der Waals surface area contributed by atoms with E-state index in [1.165, 1.54) is 0 Å². The quantitative estimate of drug-likeness (QED) is 0.737. The van der Waals surface area contributed by atoms with E-state index < -0.39 is 0 Å². The molecule has 0 aromatic carbocycles. The number of hydrogen-bond donors (Lipinski definition) is 0. The van der Waals surface area contributed by atoms with Gasteiger partial charge in [0.2, 0.25) is 0 Å². The SMILES string of the molecule is CC(C)n1cnc(Cc2nc(-c3nccs3)cs2)c1. The Morgan fingerprint density at radius 1 is 1.26 bits per heavy atom. The number of nitrogens with zero attached hydrogens (tertiary/aromatic N) is 4. The lowest BCUT2D eigenvalue weighted by molar-refractivity contribution is 0.599. The summed E-state index contributed by atoms with van der Waals surface area (Å²) in [6.07, 6.45) is 6.57. The van der Waals surface area contributed by atoms with Crippen LogP contribution in [-0.4, -0.2) is 19.5 Å². The summed E-state index contributed by atoms with van der Waals surface area (Å²) in [4.78, 5) is 13.3. The molecule has 0 aliphatic rings. The van der Waals surface area contributed by atoms with Crippen LogP contribution in [0.25, 0.3) is 10.7 Å². The minimum atomic E-state index is 0.448. The molecular formula is C13H14N4S2. The van der Waals surface area contributed by atoms with Gasteiger partial charge in [0.1, 0.15) is 10.7 Å². The maximum Gasteiger partial charge on any atom is 0.142 e. The van der Waals surface area contributed by atoms with E-state index in [2.05, 4.69) is 44.9 Å². The summed E-state index contributed by atoms with van der Waals surface area (Å²) < 4.78 is 2.12. The lowest BCUT2D eigenvalue weighted by Gasteiger charge is -2.03. The Hall–Kier alpha value is -1.53. The number of aromatic nitrogens is 4. The van der Waals surface area contributed by atoms with Gasteiger partial charge in [0.25, 0.3) is 0 Å². The highest BCUT2D eigenvalue weighted by molar-refractivity contribution is 7.14. The Balaban J connectivity index is 1.76. The van der Waals surface area contributed by atoms with Crippen LogP contribution >= 0.6 is 22.7 Å². The van der Waals surface area contributed by atoms with Crippen molar-refractivity contribution in [3.8, 4) is 10.7 Å². The Kier molecular flexibility index (Phi) is 3.44. The first-order valence-corrected chi connectivity index (χ1v) is 7.85. The summed E-state index contributed by atoms with van der Waals surface area (Å²) in [5.74, 6) is 0. The predicted molar refractivity (Wildman–Crippen MR) is 78.6 cm³/mol. The fraction of sp³-hybridized carbons (Fsp3) is 0.308. The van der Waals surface area contributed by atoms with Gasteiger partial charge in [-0.2, -0.15) is 0 Å². The Morgan fingerprint density at radius 2 is 2.16 bits per heavy atom. The lowest BCUT2D eigenvalue weighted by Crippen LogP contribution is -1.96. The third-order valence-corrected chi connectivity index (χ3v) is 4.43. The maximum atomic E-state index is 4.62. The predicted octanol–water partition coefficient (Wildman–Crippen LogP) is 3.63. The molecule has 0 N–H and O–H groups in total. The Labute approximate surface area is 119 Å². The number of thiazole rings is 2. The molecule has 0 fully saturated rings. The molecule has 0 aliphatic heterocycles. The standard InChI is InChI=1S/C13H14N4S2/c1-9(2)17-6-10(15-8-17)5-12-16-11(7-19-12)13-14-3-4-18-13/h3-4,6-9H,5H2,1-2H3. The van der Waals surface area contributed by atoms with Crippen molar-refractivity contribution in [1.82, 2.24) is 19.5 Å². The van der Waals surface area contributed by atoms with Crippen molar-refractivity contribution in [2.45, 2.75) is 26.3 Å². The van der Waals surface area contributed by atoms with Crippen molar-refractivity contribution in [2.75, 3.05) is 0 Å². The van der Waals surface area contributed by atoms with E-state index in [4.69, 9.17) is 0 Å². The number of rotatable bonds is 4. The van der Waals surface area contributed by atoms with Crippen LogP contribution in [0.5, 0.6) is 0 Å². The maximum absolute atomic E-state index is 4.62. The Bertz CT molecular complexity index is 652. The van der Waals surface area contributed by atoms with Crippen LogP contribution in [-0.2, 0) is 6.42 Å². The van der Waals surface area contributed by atoms with Crippen molar-refractivity contribution in [3.63, 3.8) is 0 Å². The normalized spacial score (nSPS) is 11.3. The minimum Gasteiger partial charge on any atom is -0.335 e. The molecule has 0 unspecified atom stereocenters. The van der Waals surface area contributed by atoms with Gasteiger partial charge in [0, 0.05) is 35.6 Å². The zero-order chi connectivity index (χ0) is 13.2. The average Bonchev–Trinajstić information content (AvgIpc) is 3.09. The van der Waals surface area contributed by atoms with Crippen molar-refractivity contribution in [1.29, 1.82) is 0 Å². The van der Waals surface area contributed by atoms with E-state index in [0.29, 0.717) is 6.04 Å². The first-order valence-electron chi connectivity index (χ1n) is 6.09. The molecule has 6 heteroatoms. The molecule has 98 valence electrons. The van der Waals surface area contributed by atoms with Gasteiger partial charge in [-0.3, -0.25) is 0 Å². The van der Waals surface area contributed by atoms with Crippen LogP contribution < -0.4 is 0 Å². The van der Waals surface area contributed by atoms with Gasteiger partial charge >= 0.3 is 0 Å². The largest absolute Gasteiger partial charge is 0.335 e. The molecule has 0 saturated heterocycles. The topological polar surface area (TPSA) is 43.6 Å².